The lowest BCUT2D eigenvalue weighted by Crippen LogP contribution is -2.18. The van der Waals surface area contributed by atoms with Crippen molar-refractivity contribution in [2.24, 2.45) is 0 Å². The Morgan fingerprint density at radius 2 is 1.90 bits per heavy atom. The second-order valence-corrected chi connectivity index (χ2v) is 4.85. The molecule has 1 atom stereocenters. The maximum Gasteiger partial charge on any atom is 0.165 e. The number of hydrogen-bond donors (Lipinski definition) is 1. The first-order chi connectivity index (χ1) is 10.1. The van der Waals surface area contributed by atoms with Crippen molar-refractivity contribution in [3.05, 3.63) is 59.4 Å². The number of rotatable bonds is 6. The van der Waals surface area contributed by atoms with Crippen LogP contribution < -0.4 is 14.8 Å². The predicted octanol–water partition coefficient (Wildman–Crippen LogP) is 3.69. The number of methoxy groups -OCH3 is 2. The summed E-state index contributed by atoms with van der Waals surface area (Å²) in [4.78, 5) is 0. The van der Waals surface area contributed by atoms with Crippen molar-refractivity contribution >= 4 is 0 Å². The minimum atomic E-state index is -0.343. The maximum absolute atomic E-state index is 13.7. The highest BCUT2D eigenvalue weighted by molar-refractivity contribution is 5.31. The van der Waals surface area contributed by atoms with Crippen molar-refractivity contribution < 1.29 is 13.9 Å². The van der Waals surface area contributed by atoms with Gasteiger partial charge in [0.2, 0.25) is 0 Å². The van der Waals surface area contributed by atoms with Gasteiger partial charge in [0.25, 0.3) is 0 Å². The van der Waals surface area contributed by atoms with E-state index in [1.165, 1.54) is 13.2 Å². The Balaban J connectivity index is 2.00. The molecule has 0 bridgehead atoms. The molecule has 2 aromatic carbocycles. The zero-order valence-corrected chi connectivity index (χ0v) is 12.5. The largest absolute Gasteiger partial charge is 0.497 e. The summed E-state index contributed by atoms with van der Waals surface area (Å²) in [5, 5.41) is 3.37. The highest BCUT2D eigenvalue weighted by atomic mass is 19.1. The van der Waals surface area contributed by atoms with E-state index in [4.69, 9.17) is 9.47 Å². The molecule has 0 aliphatic heterocycles. The Bertz CT molecular complexity index is 601. The molecule has 2 aromatic rings. The van der Waals surface area contributed by atoms with E-state index < -0.39 is 0 Å². The zero-order valence-electron chi connectivity index (χ0n) is 12.5. The van der Waals surface area contributed by atoms with Gasteiger partial charge in [-0.15, -0.1) is 0 Å². The second-order valence-electron chi connectivity index (χ2n) is 4.85. The quantitative estimate of drug-likeness (QED) is 0.879. The lowest BCUT2D eigenvalue weighted by Gasteiger charge is -2.15. The normalized spacial score (nSPS) is 12.0. The Hall–Kier alpha value is -2.07. The summed E-state index contributed by atoms with van der Waals surface area (Å²) in [5.41, 5.74) is 2.01. The van der Waals surface area contributed by atoms with Gasteiger partial charge in [-0.25, -0.2) is 4.39 Å². The van der Waals surface area contributed by atoms with Gasteiger partial charge in [0.05, 0.1) is 14.2 Å². The third-order valence-electron chi connectivity index (χ3n) is 3.42. The molecule has 2 rings (SSSR count). The Morgan fingerprint density at radius 1 is 1.10 bits per heavy atom. The van der Waals surface area contributed by atoms with Crippen molar-refractivity contribution in [2.45, 2.75) is 19.5 Å². The number of halogens is 1. The van der Waals surface area contributed by atoms with E-state index in [2.05, 4.69) is 5.32 Å². The van der Waals surface area contributed by atoms with Crippen molar-refractivity contribution in [1.29, 1.82) is 0 Å². The van der Waals surface area contributed by atoms with E-state index >= 15 is 0 Å². The third kappa shape index (κ3) is 3.95. The highest BCUT2D eigenvalue weighted by Crippen LogP contribution is 2.22. The van der Waals surface area contributed by atoms with Crippen molar-refractivity contribution in [1.82, 2.24) is 5.32 Å². The van der Waals surface area contributed by atoms with E-state index in [1.54, 1.807) is 13.2 Å². The van der Waals surface area contributed by atoms with Crippen LogP contribution in [0.25, 0.3) is 0 Å². The molecule has 0 aliphatic rings. The molecule has 1 N–H and O–H groups in total. The molecule has 21 heavy (non-hydrogen) atoms. The minimum Gasteiger partial charge on any atom is -0.497 e. The van der Waals surface area contributed by atoms with Crippen LogP contribution in [0.5, 0.6) is 11.5 Å². The van der Waals surface area contributed by atoms with Crippen molar-refractivity contribution in [3.8, 4) is 11.5 Å². The fraction of sp³-hybridized carbons (Fsp3) is 0.294. The zero-order chi connectivity index (χ0) is 15.2. The monoisotopic (exact) mass is 289 g/mol. The summed E-state index contributed by atoms with van der Waals surface area (Å²) in [7, 11) is 3.11. The molecule has 0 spiro atoms. The SMILES string of the molecule is COc1cccc(CNC(C)c2ccc(OC)c(F)c2)c1. The van der Waals surface area contributed by atoms with Crippen LogP contribution in [0.2, 0.25) is 0 Å². The van der Waals surface area contributed by atoms with Crippen LogP contribution in [0.3, 0.4) is 0 Å². The van der Waals surface area contributed by atoms with Crippen LogP contribution in [0.1, 0.15) is 24.1 Å². The molecular weight excluding hydrogens is 269 g/mol. The topological polar surface area (TPSA) is 30.5 Å². The van der Waals surface area contributed by atoms with Gasteiger partial charge < -0.3 is 14.8 Å². The van der Waals surface area contributed by atoms with Crippen molar-refractivity contribution in [3.63, 3.8) is 0 Å². The minimum absolute atomic E-state index is 0.0385. The summed E-state index contributed by atoms with van der Waals surface area (Å²) in [6.07, 6.45) is 0. The Labute approximate surface area is 124 Å². The number of nitrogens with one attached hydrogen (secondary N) is 1. The standard InChI is InChI=1S/C17H20FNO2/c1-12(14-7-8-17(21-3)16(18)10-14)19-11-13-5-4-6-15(9-13)20-2/h4-10,12,19H,11H2,1-3H3. The molecule has 112 valence electrons. The molecule has 0 saturated heterocycles. The fourth-order valence-electron chi connectivity index (χ4n) is 2.12. The summed E-state index contributed by atoms with van der Waals surface area (Å²) >= 11 is 0. The molecule has 0 aromatic heterocycles. The van der Waals surface area contributed by atoms with Crippen LogP contribution in [0.4, 0.5) is 4.39 Å². The van der Waals surface area contributed by atoms with Crippen LogP contribution in [-0.2, 0) is 6.54 Å². The summed E-state index contributed by atoms with van der Waals surface area (Å²) in [6.45, 7) is 2.69. The van der Waals surface area contributed by atoms with Gasteiger partial charge in [-0.3, -0.25) is 0 Å². The third-order valence-corrected chi connectivity index (χ3v) is 3.42. The molecule has 1 unspecified atom stereocenters. The predicted molar refractivity (Wildman–Crippen MR) is 81.2 cm³/mol. The Morgan fingerprint density at radius 3 is 2.57 bits per heavy atom. The van der Waals surface area contributed by atoms with Gasteiger partial charge in [-0.2, -0.15) is 0 Å². The molecule has 4 heteroatoms. The smallest absolute Gasteiger partial charge is 0.165 e. The Kier molecular flexibility index (Phi) is 5.17. The van der Waals surface area contributed by atoms with E-state index in [9.17, 15) is 4.39 Å². The first-order valence-corrected chi connectivity index (χ1v) is 6.83. The molecule has 0 heterocycles. The van der Waals surface area contributed by atoms with Gasteiger partial charge in [0.15, 0.2) is 11.6 Å². The lowest BCUT2D eigenvalue weighted by atomic mass is 10.1. The lowest BCUT2D eigenvalue weighted by molar-refractivity contribution is 0.385. The van der Waals surface area contributed by atoms with E-state index in [0.717, 1.165) is 16.9 Å². The average molecular weight is 289 g/mol. The van der Waals surface area contributed by atoms with Gasteiger partial charge in [-0.05, 0) is 42.3 Å². The van der Waals surface area contributed by atoms with Gasteiger partial charge in [0, 0.05) is 12.6 Å². The maximum atomic E-state index is 13.7. The first-order valence-electron chi connectivity index (χ1n) is 6.83. The van der Waals surface area contributed by atoms with E-state index in [-0.39, 0.29) is 17.6 Å². The molecule has 3 nitrogen and oxygen atoms in total. The first kappa shape index (κ1) is 15.3. The average Bonchev–Trinajstić information content (AvgIpc) is 2.52. The summed E-state index contributed by atoms with van der Waals surface area (Å²) in [5.74, 6) is 0.751. The molecular formula is C17H20FNO2. The van der Waals surface area contributed by atoms with E-state index in [1.807, 2.05) is 37.3 Å². The number of ether oxygens (including phenoxy) is 2. The van der Waals surface area contributed by atoms with Crippen LogP contribution in [-0.4, -0.2) is 14.2 Å². The van der Waals surface area contributed by atoms with Gasteiger partial charge in [-0.1, -0.05) is 18.2 Å². The summed E-state index contributed by atoms with van der Waals surface area (Å²) < 4.78 is 23.8. The summed E-state index contributed by atoms with van der Waals surface area (Å²) in [6, 6.07) is 12.9. The van der Waals surface area contributed by atoms with Gasteiger partial charge >= 0.3 is 0 Å². The fourth-order valence-corrected chi connectivity index (χ4v) is 2.12. The van der Waals surface area contributed by atoms with Gasteiger partial charge in [0.1, 0.15) is 5.75 Å². The molecule has 0 saturated carbocycles. The van der Waals surface area contributed by atoms with Crippen LogP contribution >= 0.6 is 0 Å². The molecule has 0 radical (unpaired) electrons. The van der Waals surface area contributed by atoms with Crippen LogP contribution in [0.15, 0.2) is 42.5 Å². The van der Waals surface area contributed by atoms with Crippen LogP contribution in [0, 0.1) is 5.82 Å². The van der Waals surface area contributed by atoms with E-state index in [0.29, 0.717) is 6.54 Å². The second kappa shape index (κ2) is 7.09. The number of benzene rings is 2. The van der Waals surface area contributed by atoms with Crippen molar-refractivity contribution in [2.75, 3.05) is 14.2 Å². The number of hydrogen-bond acceptors (Lipinski definition) is 3. The molecule has 0 fully saturated rings. The molecule has 0 amide bonds. The highest BCUT2D eigenvalue weighted by Gasteiger charge is 2.09. The molecule has 0 aliphatic carbocycles.